The van der Waals surface area contributed by atoms with E-state index in [9.17, 15) is 9.59 Å². The van der Waals surface area contributed by atoms with Crippen LogP contribution in [0, 0.1) is 0 Å². The summed E-state index contributed by atoms with van der Waals surface area (Å²) in [6.07, 6.45) is 1.69. The first-order chi connectivity index (χ1) is 13.9. The van der Waals surface area contributed by atoms with E-state index >= 15 is 0 Å². The maximum absolute atomic E-state index is 12.3. The molecule has 1 fully saturated rings. The average Bonchev–Trinajstić information content (AvgIpc) is 3.31. The third-order valence-electron chi connectivity index (χ3n) is 4.71. The average molecular weight is 450 g/mol. The molecule has 6 nitrogen and oxygen atoms in total. The van der Waals surface area contributed by atoms with Gasteiger partial charge in [-0.2, -0.15) is 4.99 Å². The molecule has 2 amide bonds. The summed E-state index contributed by atoms with van der Waals surface area (Å²) in [5.41, 5.74) is 0.801. The molecular weight excluding hydrogens is 433 g/mol. The maximum atomic E-state index is 12.3. The Morgan fingerprint density at radius 2 is 1.90 bits per heavy atom. The van der Waals surface area contributed by atoms with Gasteiger partial charge in [-0.3, -0.25) is 9.59 Å². The molecule has 0 atom stereocenters. The Bertz CT molecular complexity index is 1040. The molecule has 29 heavy (non-hydrogen) atoms. The van der Waals surface area contributed by atoms with Crippen molar-refractivity contribution in [3.05, 3.63) is 51.0 Å². The third kappa shape index (κ3) is 4.37. The molecular formula is C20H17Cl2N3O3S. The van der Waals surface area contributed by atoms with E-state index in [1.54, 1.807) is 36.1 Å². The van der Waals surface area contributed by atoms with Crippen molar-refractivity contribution < 1.29 is 14.0 Å². The number of amides is 2. The van der Waals surface area contributed by atoms with Crippen molar-refractivity contribution in [1.29, 1.82) is 0 Å². The fourth-order valence-electron chi connectivity index (χ4n) is 3.11. The van der Waals surface area contributed by atoms with Crippen molar-refractivity contribution in [3.63, 3.8) is 0 Å². The fourth-order valence-corrected chi connectivity index (χ4v) is 4.35. The minimum atomic E-state index is -0.286. The zero-order valence-corrected chi connectivity index (χ0v) is 17.9. The van der Waals surface area contributed by atoms with Gasteiger partial charge in [0.05, 0.1) is 15.0 Å². The molecule has 150 valence electrons. The molecule has 0 saturated carbocycles. The second-order valence-corrected chi connectivity index (χ2v) is 8.46. The van der Waals surface area contributed by atoms with Gasteiger partial charge in [0.1, 0.15) is 11.5 Å². The highest BCUT2D eigenvalue weighted by molar-refractivity contribution is 8.18. The number of carbonyl (C=O) groups is 2. The van der Waals surface area contributed by atoms with Crippen LogP contribution in [0.15, 0.2) is 44.6 Å². The normalized spacial score (nSPS) is 18.5. The Labute approximate surface area is 182 Å². The van der Waals surface area contributed by atoms with Crippen LogP contribution in [0.25, 0.3) is 17.4 Å². The molecule has 2 aliphatic heterocycles. The number of carbonyl (C=O) groups excluding carboxylic acids is 2. The van der Waals surface area contributed by atoms with Crippen LogP contribution in [0.3, 0.4) is 0 Å². The lowest BCUT2D eigenvalue weighted by molar-refractivity contribution is -0.130. The number of hydrogen-bond donors (Lipinski definition) is 0. The summed E-state index contributed by atoms with van der Waals surface area (Å²) in [4.78, 5) is 32.3. The van der Waals surface area contributed by atoms with Crippen LogP contribution in [0.5, 0.6) is 0 Å². The summed E-state index contributed by atoms with van der Waals surface area (Å²) in [7, 11) is 0. The molecule has 0 bridgehead atoms. The molecule has 1 saturated heterocycles. The Morgan fingerprint density at radius 1 is 1.14 bits per heavy atom. The van der Waals surface area contributed by atoms with Gasteiger partial charge in [0.15, 0.2) is 5.17 Å². The quantitative estimate of drug-likeness (QED) is 0.636. The van der Waals surface area contributed by atoms with Crippen LogP contribution in [0.1, 0.15) is 12.7 Å². The molecule has 1 aromatic carbocycles. The van der Waals surface area contributed by atoms with Crippen LogP contribution < -0.4 is 0 Å². The van der Waals surface area contributed by atoms with E-state index in [1.807, 2.05) is 17.0 Å². The van der Waals surface area contributed by atoms with Gasteiger partial charge in [-0.15, -0.1) is 0 Å². The van der Waals surface area contributed by atoms with E-state index in [-0.39, 0.29) is 11.8 Å². The molecule has 0 unspecified atom stereocenters. The number of nitrogens with zero attached hydrogens (tertiary/aromatic N) is 3. The number of amidine groups is 1. The highest BCUT2D eigenvalue weighted by Gasteiger charge is 2.29. The van der Waals surface area contributed by atoms with Gasteiger partial charge in [0, 0.05) is 44.7 Å². The minimum Gasteiger partial charge on any atom is -0.457 e. The van der Waals surface area contributed by atoms with Crippen LogP contribution in [-0.4, -0.2) is 53.0 Å². The Morgan fingerprint density at radius 3 is 2.59 bits per heavy atom. The second kappa shape index (κ2) is 8.26. The standard InChI is InChI=1S/C20H17Cl2N3O3S/c1-12(26)24-6-8-25(9-7-24)20-23-19(27)18(29-20)11-14-3-5-17(28-14)13-2-4-15(21)16(22)10-13/h2-5,10-11H,6-9H2,1H3/b18-11-. The van der Waals surface area contributed by atoms with Gasteiger partial charge in [-0.1, -0.05) is 23.2 Å². The number of thioether (sulfide) groups is 1. The molecule has 0 spiro atoms. The van der Waals surface area contributed by atoms with E-state index < -0.39 is 0 Å². The Kier molecular flexibility index (Phi) is 5.72. The van der Waals surface area contributed by atoms with Crippen LogP contribution in [-0.2, 0) is 9.59 Å². The van der Waals surface area contributed by atoms with Gasteiger partial charge in [0.25, 0.3) is 5.91 Å². The lowest BCUT2D eigenvalue weighted by atomic mass is 10.2. The summed E-state index contributed by atoms with van der Waals surface area (Å²) in [6, 6.07) is 8.88. The summed E-state index contributed by atoms with van der Waals surface area (Å²) in [6.45, 7) is 4.15. The van der Waals surface area contributed by atoms with Gasteiger partial charge in [0.2, 0.25) is 5.91 Å². The summed E-state index contributed by atoms with van der Waals surface area (Å²) in [5.74, 6) is 0.969. The number of piperazine rings is 1. The van der Waals surface area contributed by atoms with Gasteiger partial charge < -0.3 is 14.2 Å². The van der Waals surface area contributed by atoms with E-state index in [0.717, 1.165) is 5.56 Å². The molecule has 0 N–H and O–H groups in total. The molecule has 0 radical (unpaired) electrons. The number of furan rings is 1. The Balaban J connectivity index is 1.45. The van der Waals surface area contributed by atoms with Crippen molar-refractivity contribution in [1.82, 2.24) is 9.80 Å². The van der Waals surface area contributed by atoms with Crippen molar-refractivity contribution in [2.75, 3.05) is 26.2 Å². The fraction of sp³-hybridized carbons (Fsp3) is 0.250. The zero-order valence-electron chi connectivity index (χ0n) is 15.5. The zero-order chi connectivity index (χ0) is 20.5. The Hall–Kier alpha value is -2.22. The lowest BCUT2D eigenvalue weighted by Gasteiger charge is -2.34. The third-order valence-corrected chi connectivity index (χ3v) is 6.49. The van der Waals surface area contributed by atoms with Crippen LogP contribution in [0.2, 0.25) is 10.0 Å². The largest absolute Gasteiger partial charge is 0.457 e. The topological polar surface area (TPSA) is 66.1 Å². The minimum absolute atomic E-state index is 0.0675. The lowest BCUT2D eigenvalue weighted by Crippen LogP contribution is -2.49. The smallest absolute Gasteiger partial charge is 0.286 e. The first kappa shape index (κ1) is 20.1. The summed E-state index contributed by atoms with van der Waals surface area (Å²) >= 11 is 13.3. The molecule has 4 rings (SSSR count). The van der Waals surface area contributed by atoms with Gasteiger partial charge >= 0.3 is 0 Å². The molecule has 9 heteroatoms. The maximum Gasteiger partial charge on any atom is 0.286 e. The van der Waals surface area contributed by atoms with Crippen molar-refractivity contribution >= 4 is 58.0 Å². The number of benzene rings is 1. The second-order valence-electron chi connectivity index (χ2n) is 6.63. The molecule has 2 aliphatic rings. The highest BCUT2D eigenvalue weighted by atomic mass is 35.5. The number of hydrogen-bond acceptors (Lipinski definition) is 5. The molecule has 1 aromatic heterocycles. The van der Waals surface area contributed by atoms with E-state index in [1.165, 1.54) is 11.8 Å². The summed E-state index contributed by atoms with van der Waals surface area (Å²) in [5, 5.41) is 1.59. The van der Waals surface area contributed by atoms with Gasteiger partial charge in [-0.25, -0.2) is 0 Å². The first-order valence-electron chi connectivity index (χ1n) is 8.99. The van der Waals surface area contributed by atoms with E-state index in [4.69, 9.17) is 27.6 Å². The van der Waals surface area contributed by atoms with E-state index in [0.29, 0.717) is 57.8 Å². The van der Waals surface area contributed by atoms with Crippen molar-refractivity contribution in [3.8, 4) is 11.3 Å². The SMILES string of the molecule is CC(=O)N1CCN(C2=NC(=O)/C(=C/c3ccc(-c4ccc(Cl)c(Cl)c4)o3)S2)CC1. The van der Waals surface area contributed by atoms with Crippen LogP contribution >= 0.6 is 35.0 Å². The predicted octanol–water partition coefficient (Wildman–Crippen LogP) is 4.39. The monoisotopic (exact) mass is 449 g/mol. The molecule has 0 aliphatic carbocycles. The molecule has 2 aromatic rings. The highest BCUT2D eigenvalue weighted by Crippen LogP contribution is 2.33. The number of halogens is 2. The van der Waals surface area contributed by atoms with Crippen molar-refractivity contribution in [2.24, 2.45) is 4.99 Å². The van der Waals surface area contributed by atoms with Crippen LogP contribution in [0.4, 0.5) is 0 Å². The number of aliphatic imine (C=N–C) groups is 1. The number of rotatable bonds is 2. The summed E-state index contributed by atoms with van der Waals surface area (Å²) < 4.78 is 5.84. The first-order valence-corrected chi connectivity index (χ1v) is 10.6. The van der Waals surface area contributed by atoms with E-state index in [2.05, 4.69) is 4.99 Å². The van der Waals surface area contributed by atoms with Crippen molar-refractivity contribution in [2.45, 2.75) is 6.92 Å². The predicted molar refractivity (Wildman–Crippen MR) is 116 cm³/mol. The van der Waals surface area contributed by atoms with Gasteiger partial charge in [-0.05, 0) is 42.1 Å². The molecule has 3 heterocycles.